The van der Waals surface area contributed by atoms with Gasteiger partial charge in [-0.05, 0) is 92.7 Å². The summed E-state index contributed by atoms with van der Waals surface area (Å²) in [6.07, 6.45) is 8.85. The Balaban J connectivity index is 1.41. The summed E-state index contributed by atoms with van der Waals surface area (Å²) in [5, 5.41) is 0.559. The molecule has 2 saturated carbocycles. The molecule has 3 aliphatic carbocycles. The third-order valence-electron chi connectivity index (χ3n) is 7.40. The first-order valence-electron chi connectivity index (χ1n) is 10.3. The van der Waals surface area contributed by atoms with Gasteiger partial charge in [-0.1, -0.05) is 12.1 Å². The van der Waals surface area contributed by atoms with E-state index < -0.39 is 24.1 Å². The van der Waals surface area contributed by atoms with E-state index in [9.17, 15) is 13.2 Å². The average Bonchev–Trinajstić information content (AvgIpc) is 2.63. The van der Waals surface area contributed by atoms with E-state index >= 15 is 0 Å². The molecule has 0 aromatic heterocycles. The van der Waals surface area contributed by atoms with Gasteiger partial charge in [0.15, 0.2) is 0 Å². The average molecular weight is 383 g/mol. The fourth-order valence-electron chi connectivity index (χ4n) is 5.85. The van der Waals surface area contributed by atoms with E-state index in [2.05, 4.69) is 12.6 Å². The lowest BCUT2D eigenvalue weighted by molar-refractivity contribution is -0.0946. The smallest absolute Gasteiger partial charge is 0.207 e. The second kappa shape index (κ2) is 7.41. The zero-order chi connectivity index (χ0) is 18.3. The predicted octanol–water partition coefficient (Wildman–Crippen LogP) is 6.47. The zero-order valence-corrected chi connectivity index (χ0v) is 16.2. The molecule has 1 unspecified atom stereocenters. The fraction of sp³-hybridized carbons (Fsp3) is 0.727. The highest BCUT2D eigenvalue weighted by Gasteiger charge is 2.48. The van der Waals surface area contributed by atoms with Crippen molar-refractivity contribution in [2.45, 2.75) is 75.4 Å². The molecule has 0 spiro atoms. The molecule has 2 fully saturated rings. The Hall–Kier alpha value is -0.640. The summed E-state index contributed by atoms with van der Waals surface area (Å²) in [5.41, 5.74) is 1.04. The van der Waals surface area contributed by atoms with Crippen molar-refractivity contribution in [3.63, 3.8) is 0 Å². The molecule has 0 aliphatic heterocycles. The zero-order valence-electron chi connectivity index (χ0n) is 15.3. The van der Waals surface area contributed by atoms with Crippen molar-refractivity contribution in [1.82, 2.24) is 0 Å². The van der Waals surface area contributed by atoms with Crippen LogP contribution in [-0.4, -0.2) is 11.2 Å². The first-order chi connectivity index (χ1) is 12.4. The number of rotatable bonds is 2. The number of benzene rings is 1. The summed E-state index contributed by atoms with van der Waals surface area (Å²) >= 11 is 4.59. The summed E-state index contributed by atoms with van der Waals surface area (Å²) in [4.78, 5) is 0. The highest BCUT2D eigenvalue weighted by molar-refractivity contribution is 7.80. The molecule has 0 heterocycles. The van der Waals surface area contributed by atoms with E-state index in [0.717, 1.165) is 37.2 Å². The van der Waals surface area contributed by atoms with Crippen LogP contribution in [0, 0.1) is 29.5 Å². The van der Waals surface area contributed by atoms with Crippen LogP contribution in [0.1, 0.15) is 62.5 Å². The van der Waals surface area contributed by atoms with Gasteiger partial charge in [0, 0.05) is 17.6 Å². The number of hydrogen-bond acceptors (Lipinski definition) is 1. The summed E-state index contributed by atoms with van der Waals surface area (Å²) < 4.78 is 43.6. The van der Waals surface area contributed by atoms with Gasteiger partial charge >= 0.3 is 0 Å². The van der Waals surface area contributed by atoms with Gasteiger partial charge in [0.1, 0.15) is 5.82 Å². The van der Waals surface area contributed by atoms with Crippen molar-refractivity contribution in [3.05, 3.63) is 35.1 Å². The van der Waals surface area contributed by atoms with Crippen LogP contribution in [0.3, 0.4) is 0 Å². The number of fused-ring (bicyclic) bond motifs is 1. The van der Waals surface area contributed by atoms with Gasteiger partial charge in [-0.3, -0.25) is 0 Å². The molecular weight excluding hydrogens is 353 g/mol. The van der Waals surface area contributed by atoms with Crippen LogP contribution in [0.25, 0.3) is 0 Å². The molecule has 4 heteroatoms. The highest BCUT2D eigenvalue weighted by Crippen LogP contribution is 2.49. The number of halogens is 3. The fourth-order valence-corrected chi connectivity index (χ4v) is 6.15. The second-order valence-electron chi connectivity index (χ2n) is 8.87. The van der Waals surface area contributed by atoms with Crippen molar-refractivity contribution in [2.75, 3.05) is 0 Å². The Morgan fingerprint density at radius 2 is 1.42 bits per heavy atom. The molecule has 0 saturated heterocycles. The van der Waals surface area contributed by atoms with E-state index in [1.54, 1.807) is 6.07 Å². The highest BCUT2D eigenvalue weighted by atomic mass is 32.1. The van der Waals surface area contributed by atoms with E-state index in [1.807, 2.05) is 6.07 Å². The number of hydrogen-bond donors (Lipinski definition) is 1. The normalized spacial score (nSPS) is 37.2. The molecule has 1 aromatic carbocycles. The molecule has 0 nitrogen and oxygen atoms in total. The van der Waals surface area contributed by atoms with Crippen molar-refractivity contribution in [2.24, 2.45) is 23.7 Å². The maximum atomic E-state index is 14.8. The lowest BCUT2D eigenvalue weighted by Crippen LogP contribution is -2.43. The Bertz CT molecular complexity index is 628. The van der Waals surface area contributed by atoms with Crippen molar-refractivity contribution < 1.29 is 13.2 Å². The van der Waals surface area contributed by atoms with Gasteiger partial charge in [-0.25, -0.2) is 13.2 Å². The molecule has 144 valence electrons. The maximum Gasteiger partial charge on any atom is 0.255 e. The van der Waals surface area contributed by atoms with Crippen LogP contribution >= 0.6 is 12.6 Å². The van der Waals surface area contributed by atoms with Gasteiger partial charge in [-0.2, -0.15) is 12.6 Å². The van der Waals surface area contributed by atoms with E-state index in [1.165, 1.54) is 31.7 Å². The molecule has 0 bridgehead atoms. The topological polar surface area (TPSA) is 0 Å². The Morgan fingerprint density at radius 3 is 2.08 bits per heavy atom. The van der Waals surface area contributed by atoms with Crippen LogP contribution in [0.5, 0.6) is 0 Å². The first-order valence-corrected chi connectivity index (χ1v) is 10.8. The predicted molar refractivity (Wildman–Crippen MR) is 102 cm³/mol. The minimum atomic E-state index is -2.78. The van der Waals surface area contributed by atoms with Crippen molar-refractivity contribution in [3.8, 4) is 0 Å². The van der Waals surface area contributed by atoms with Crippen molar-refractivity contribution >= 4 is 12.6 Å². The summed E-state index contributed by atoms with van der Waals surface area (Å²) in [6.45, 7) is 0. The Labute approximate surface area is 160 Å². The standard InChI is InChI=1S/C22H29F3S/c23-21-3-1-2-17-12-20(22(24,25)13-19(17)21)16-6-4-14(5-7-16)15-8-10-18(26)11-9-15/h1-3,14-16,18,20,26H,4-13H2. The molecule has 3 aliphatic rings. The molecule has 0 radical (unpaired) electrons. The first kappa shape index (κ1) is 18.7. The third kappa shape index (κ3) is 3.68. The van der Waals surface area contributed by atoms with Crippen LogP contribution in [0.2, 0.25) is 0 Å². The minimum Gasteiger partial charge on any atom is -0.207 e. The Morgan fingerprint density at radius 1 is 0.846 bits per heavy atom. The monoisotopic (exact) mass is 382 g/mol. The molecular formula is C22H29F3S. The molecule has 4 rings (SSSR count). The van der Waals surface area contributed by atoms with Crippen LogP contribution in [0.15, 0.2) is 18.2 Å². The van der Waals surface area contributed by atoms with Crippen molar-refractivity contribution in [1.29, 1.82) is 0 Å². The molecule has 0 amide bonds. The van der Waals surface area contributed by atoms with Gasteiger partial charge < -0.3 is 0 Å². The maximum absolute atomic E-state index is 14.8. The van der Waals surface area contributed by atoms with E-state index in [4.69, 9.17) is 0 Å². The van der Waals surface area contributed by atoms with E-state index in [-0.39, 0.29) is 11.5 Å². The minimum absolute atomic E-state index is 0.0823. The summed E-state index contributed by atoms with van der Waals surface area (Å²) in [7, 11) is 0. The number of thiol groups is 1. The van der Waals surface area contributed by atoms with E-state index in [0.29, 0.717) is 17.6 Å². The van der Waals surface area contributed by atoms with Gasteiger partial charge in [0.05, 0.1) is 0 Å². The van der Waals surface area contributed by atoms with Gasteiger partial charge in [-0.15, -0.1) is 0 Å². The summed E-state index contributed by atoms with van der Waals surface area (Å²) in [5.74, 6) is -2.29. The Kier molecular flexibility index (Phi) is 5.33. The lowest BCUT2D eigenvalue weighted by Gasteiger charge is -2.43. The van der Waals surface area contributed by atoms with Crippen LogP contribution in [-0.2, 0) is 12.8 Å². The second-order valence-corrected chi connectivity index (χ2v) is 9.60. The van der Waals surface area contributed by atoms with Gasteiger partial charge in [0.2, 0.25) is 0 Å². The quantitative estimate of drug-likeness (QED) is 0.557. The molecule has 26 heavy (non-hydrogen) atoms. The largest absolute Gasteiger partial charge is 0.255 e. The summed E-state index contributed by atoms with van der Waals surface area (Å²) in [6, 6.07) is 4.80. The van der Waals surface area contributed by atoms with Crippen LogP contribution < -0.4 is 0 Å². The molecule has 1 aromatic rings. The lowest BCUT2D eigenvalue weighted by atomic mass is 9.65. The molecule has 0 N–H and O–H groups in total. The molecule has 1 atom stereocenters. The van der Waals surface area contributed by atoms with Gasteiger partial charge in [0.25, 0.3) is 5.92 Å². The third-order valence-corrected chi connectivity index (χ3v) is 7.92. The number of alkyl halides is 2. The SMILES string of the molecule is Fc1cccc2c1CC(F)(F)C(C1CCC(C3CCC(S)CC3)CC1)C2. The van der Waals surface area contributed by atoms with Crippen LogP contribution in [0.4, 0.5) is 13.2 Å².